The first-order valence-corrected chi connectivity index (χ1v) is 6.59. The SMILES string of the molecule is Cc1ccc(/C(=C\C(F)(F)F)OC(=O)c2ccccc2F)cc1. The predicted molar refractivity (Wildman–Crippen MR) is 77.0 cm³/mol. The van der Waals surface area contributed by atoms with Gasteiger partial charge in [-0.15, -0.1) is 0 Å². The molecule has 0 radical (unpaired) electrons. The van der Waals surface area contributed by atoms with Crippen LogP contribution < -0.4 is 0 Å². The summed E-state index contributed by atoms with van der Waals surface area (Å²) in [6.07, 6.45) is -4.81. The van der Waals surface area contributed by atoms with Crippen LogP contribution in [0.4, 0.5) is 17.6 Å². The maximum absolute atomic E-state index is 13.5. The lowest BCUT2D eigenvalue weighted by molar-refractivity contribution is -0.0802. The fraction of sp³-hybridized carbons (Fsp3) is 0.118. The van der Waals surface area contributed by atoms with Crippen LogP contribution >= 0.6 is 0 Å². The molecule has 2 aromatic carbocycles. The maximum atomic E-state index is 13.5. The zero-order valence-corrected chi connectivity index (χ0v) is 12.0. The molecule has 2 rings (SSSR count). The summed E-state index contributed by atoms with van der Waals surface area (Å²) in [5.74, 6) is -2.75. The van der Waals surface area contributed by atoms with Gasteiger partial charge in [0.2, 0.25) is 0 Å². The molecule has 0 saturated heterocycles. The van der Waals surface area contributed by atoms with Gasteiger partial charge >= 0.3 is 12.1 Å². The van der Waals surface area contributed by atoms with Gasteiger partial charge in [-0.25, -0.2) is 9.18 Å². The Morgan fingerprint density at radius 3 is 2.22 bits per heavy atom. The van der Waals surface area contributed by atoms with Crippen LogP contribution in [0.1, 0.15) is 21.5 Å². The van der Waals surface area contributed by atoms with Crippen molar-refractivity contribution in [3.8, 4) is 0 Å². The Morgan fingerprint density at radius 1 is 1.04 bits per heavy atom. The van der Waals surface area contributed by atoms with Gasteiger partial charge < -0.3 is 4.74 Å². The molecule has 23 heavy (non-hydrogen) atoms. The summed E-state index contributed by atoms with van der Waals surface area (Å²) in [5, 5.41) is 0. The topological polar surface area (TPSA) is 26.3 Å². The van der Waals surface area contributed by atoms with Crippen LogP contribution in [0.15, 0.2) is 54.6 Å². The molecule has 6 heteroatoms. The zero-order chi connectivity index (χ0) is 17.0. The fourth-order valence-corrected chi connectivity index (χ4v) is 1.82. The van der Waals surface area contributed by atoms with Gasteiger partial charge in [0.05, 0.1) is 11.6 Å². The van der Waals surface area contributed by atoms with E-state index in [0.29, 0.717) is 0 Å². The van der Waals surface area contributed by atoms with Crippen molar-refractivity contribution in [3.05, 3.63) is 77.1 Å². The van der Waals surface area contributed by atoms with Gasteiger partial charge in [0.25, 0.3) is 0 Å². The zero-order valence-electron chi connectivity index (χ0n) is 12.0. The first-order valence-electron chi connectivity index (χ1n) is 6.59. The highest BCUT2D eigenvalue weighted by Crippen LogP contribution is 2.26. The van der Waals surface area contributed by atoms with Crippen LogP contribution in [0.3, 0.4) is 0 Å². The molecule has 0 aromatic heterocycles. The van der Waals surface area contributed by atoms with E-state index in [2.05, 4.69) is 0 Å². The molecule has 0 bridgehead atoms. The minimum absolute atomic E-state index is 0.0672. The van der Waals surface area contributed by atoms with Gasteiger partial charge in [0.15, 0.2) is 0 Å². The average molecular weight is 324 g/mol. The molecule has 0 N–H and O–H groups in total. The second kappa shape index (κ2) is 6.64. The number of allylic oxidation sites excluding steroid dienone is 1. The summed E-state index contributed by atoms with van der Waals surface area (Å²) in [7, 11) is 0. The largest absolute Gasteiger partial charge is 0.422 e. The van der Waals surface area contributed by atoms with E-state index >= 15 is 0 Å². The van der Waals surface area contributed by atoms with E-state index in [-0.39, 0.29) is 11.6 Å². The van der Waals surface area contributed by atoms with Crippen LogP contribution in [0, 0.1) is 12.7 Å². The monoisotopic (exact) mass is 324 g/mol. The van der Waals surface area contributed by atoms with E-state index in [0.717, 1.165) is 17.7 Å². The number of halogens is 4. The van der Waals surface area contributed by atoms with Crippen molar-refractivity contribution in [3.63, 3.8) is 0 Å². The van der Waals surface area contributed by atoms with Gasteiger partial charge in [-0.2, -0.15) is 13.2 Å². The average Bonchev–Trinajstić information content (AvgIpc) is 2.46. The fourth-order valence-electron chi connectivity index (χ4n) is 1.82. The normalized spacial score (nSPS) is 12.1. The number of rotatable bonds is 3. The van der Waals surface area contributed by atoms with E-state index in [4.69, 9.17) is 4.74 Å². The van der Waals surface area contributed by atoms with Crippen LogP contribution in [0.2, 0.25) is 0 Å². The minimum atomic E-state index is -4.68. The number of alkyl halides is 3. The van der Waals surface area contributed by atoms with Crippen LogP contribution in [0.25, 0.3) is 5.76 Å². The summed E-state index contributed by atoms with van der Waals surface area (Å²) < 4.78 is 56.3. The third-order valence-corrected chi connectivity index (χ3v) is 2.93. The molecular formula is C17H12F4O2. The third kappa shape index (κ3) is 4.67. The Balaban J connectivity index is 2.36. The van der Waals surface area contributed by atoms with Crippen molar-refractivity contribution in [2.45, 2.75) is 13.1 Å². The number of carbonyl (C=O) groups is 1. The molecule has 0 fully saturated rings. The van der Waals surface area contributed by atoms with Crippen molar-refractivity contribution in [1.82, 2.24) is 0 Å². The second-order valence-electron chi connectivity index (χ2n) is 4.79. The lowest BCUT2D eigenvalue weighted by Crippen LogP contribution is -2.10. The third-order valence-electron chi connectivity index (χ3n) is 2.93. The van der Waals surface area contributed by atoms with Crippen molar-refractivity contribution in [2.24, 2.45) is 0 Å². The molecule has 0 spiro atoms. The summed E-state index contributed by atoms with van der Waals surface area (Å²) in [6.45, 7) is 1.77. The molecule has 0 heterocycles. The summed E-state index contributed by atoms with van der Waals surface area (Å²) in [5.41, 5.74) is 0.464. The highest BCUT2D eigenvalue weighted by molar-refractivity contribution is 5.93. The van der Waals surface area contributed by atoms with Crippen molar-refractivity contribution >= 4 is 11.7 Å². The van der Waals surface area contributed by atoms with Gasteiger partial charge in [-0.05, 0) is 19.1 Å². The van der Waals surface area contributed by atoms with E-state index in [1.165, 1.54) is 24.3 Å². The number of hydrogen-bond donors (Lipinski definition) is 0. The Labute approximate surface area is 130 Å². The van der Waals surface area contributed by atoms with Gasteiger partial charge in [-0.1, -0.05) is 42.0 Å². The molecule has 120 valence electrons. The maximum Gasteiger partial charge on any atom is 0.413 e. The van der Waals surface area contributed by atoms with Crippen LogP contribution in [0.5, 0.6) is 0 Å². The molecular weight excluding hydrogens is 312 g/mol. The standard InChI is InChI=1S/C17H12F4O2/c1-11-6-8-12(9-7-11)15(10-17(19,20)21)23-16(22)13-4-2-3-5-14(13)18/h2-10H,1H3/b15-10+. The van der Waals surface area contributed by atoms with E-state index in [1.807, 2.05) is 0 Å². The van der Waals surface area contributed by atoms with Crippen LogP contribution in [-0.2, 0) is 4.74 Å². The highest BCUT2D eigenvalue weighted by atomic mass is 19.4. The Morgan fingerprint density at radius 2 is 1.65 bits per heavy atom. The molecule has 0 saturated carbocycles. The molecule has 0 aliphatic carbocycles. The summed E-state index contributed by atoms with van der Waals surface area (Å²) in [4.78, 5) is 11.9. The van der Waals surface area contributed by atoms with Crippen molar-refractivity contribution in [1.29, 1.82) is 0 Å². The Kier molecular flexibility index (Phi) is 4.83. The van der Waals surface area contributed by atoms with Gasteiger partial charge in [-0.3, -0.25) is 0 Å². The number of ether oxygens (including phenoxy) is 1. The van der Waals surface area contributed by atoms with E-state index in [1.54, 1.807) is 19.1 Å². The molecule has 0 aliphatic rings. The number of benzene rings is 2. The van der Waals surface area contributed by atoms with Crippen molar-refractivity contribution < 1.29 is 27.1 Å². The first-order chi connectivity index (χ1) is 10.8. The van der Waals surface area contributed by atoms with Crippen molar-refractivity contribution in [2.75, 3.05) is 0 Å². The summed E-state index contributed by atoms with van der Waals surface area (Å²) >= 11 is 0. The first kappa shape index (κ1) is 16.7. The number of aryl methyl sites for hydroxylation is 1. The molecule has 0 atom stereocenters. The smallest absolute Gasteiger partial charge is 0.413 e. The molecule has 0 aliphatic heterocycles. The Bertz CT molecular complexity index is 731. The van der Waals surface area contributed by atoms with E-state index < -0.39 is 29.3 Å². The predicted octanol–water partition coefficient (Wildman–Crippen LogP) is 4.89. The molecule has 2 nitrogen and oxygen atoms in total. The number of esters is 1. The molecule has 0 amide bonds. The second-order valence-corrected chi connectivity index (χ2v) is 4.79. The number of carbonyl (C=O) groups excluding carboxylic acids is 1. The lowest BCUT2D eigenvalue weighted by atomic mass is 10.1. The Hall–Kier alpha value is -2.63. The number of hydrogen-bond acceptors (Lipinski definition) is 2. The quantitative estimate of drug-likeness (QED) is 0.456. The molecule has 0 unspecified atom stereocenters. The van der Waals surface area contributed by atoms with Gasteiger partial charge in [0, 0.05) is 5.56 Å². The summed E-state index contributed by atoms with van der Waals surface area (Å²) in [6, 6.07) is 10.8. The lowest BCUT2D eigenvalue weighted by Gasteiger charge is -2.11. The van der Waals surface area contributed by atoms with E-state index in [9.17, 15) is 22.4 Å². The highest BCUT2D eigenvalue weighted by Gasteiger charge is 2.27. The van der Waals surface area contributed by atoms with Crippen LogP contribution in [-0.4, -0.2) is 12.1 Å². The molecule has 2 aromatic rings. The minimum Gasteiger partial charge on any atom is -0.422 e. The van der Waals surface area contributed by atoms with Gasteiger partial charge in [0.1, 0.15) is 11.6 Å².